The van der Waals surface area contributed by atoms with Crippen molar-refractivity contribution >= 4 is 21.9 Å². The molecule has 3 rings (SSSR count). The number of aryl methyl sites for hydroxylation is 2. The van der Waals surface area contributed by atoms with E-state index in [0.29, 0.717) is 0 Å². The van der Waals surface area contributed by atoms with Crippen molar-refractivity contribution in [3.05, 3.63) is 35.8 Å². The maximum absolute atomic E-state index is 4.49. The molecule has 15 heavy (non-hydrogen) atoms. The van der Waals surface area contributed by atoms with Crippen LogP contribution in [0.4, 0.5) is 0 Å². The lowest BCUT2D eigenvalue weighted by Crippen LogP contribution is -1.84. The fourth-order valence-electron chi connectivity index (χ4n) is 1.96. The quantitative estimate of drug-likeness (QED) is 0.602. The lowest BCUT2D eigenvalue weighted by Gasteiger charge is -2.00. The second-order valence-electron chi connectivity index (χ2n) is 3.81. The molecule has 0 amide bonds. The molecule has 0 unspecified atom stereocenters. The van der Waals surface area contributed by atoms with Crippen LogP contribution in [0.3, 0.4) is 0 Å². The summed E-state index contributed by atoms with van der Waals surface area (Å²) in [5, 5.41) is 1.12. The molecule has 0 spiro atoms. The molecule has 74 valence electrons. The summed E-state index contributed by atoms with van der Waals surface area (Å²) in [5.74, 6) is 0.931. The Bertz CT molecular complexity index is 652. The predicted molar refractivity (Wildman–Crippen MR) is 60.9 cm³/mol. The molecule has 1 N–H and O–H groups in total. The van der Waals surface area contributed by atoms with E-state index in [2.05, 4.69) is 34.0 Å². The number of imidazole rings is 1. The van der Waals surface area contributed by atoms with Crippen LogP contribution in [0.2, 0.25) is 0 Å². The zero-order chi connectivity index (χ0) is 10.4. The lowest BCUT2D eigenvalue weighted by atomic mass is 10.1. The topological polar surface area (TPSA) is 41.6 Å². The number of aromatic nitrogens is 3. The highest BCUT2D eigenvalue weighted by Crippen LogP contribution is 2.23. The molecular weight excluding hydrogens is 186 g/mol. The Morgan fingerprint density at radius 2 is 2.00 bits per heavy atom. The van der Waals surface area contributed by atoms with Crippen LogP contribution in [0.1, 0.15) is 11.4 Å². The molecule has 0 aliphatic carbocycles. The van der Waals surface area contributed by atoms with E-state index in [1.165, 1.54) is 5.56 Å². The molecule has 0 aliphatic heterocycles. The van der Waals surface area contributed by atoms with Gasteiger partial charge in [0.05, 0.1) is 22.7 Å². The number of hydrogen-bond acceptors (Lipinski definition) is 2. The Balaban J connectivity index is 2.59. The molecule has 0 fully saturated rings. The minimum atomic E-state index is 0.931. The van der Waals surface area contributed by atoms with Gasteiger partial charge in [0.1, 0.15) is 5.82 Å². The Morgan fingerprint density at radius 3 is 2.87 bits per heavy atom. The number of fused-ring (bicyclic) bond motifs is 3. The van der Waals surface area contributed by atoms with Gasteiger partial charge in [-0.25, -0.2) is 4.98 Å². The molecule has 0 radical (unpaired) electrons. The van der Waals surface area contributed by atoms with E-state index in [9.17, 15) is 0 Å². The van der Waals surface area contributed by atoms with Crippen molar-refractivity contribution in [1.29, 1.82) is 0 Å². The first kappa shape index (κ1) is 8.41. The first-order valence-corrected chi connectivity index (χ1v) is 4.96. The SMILES string of the molecule is Cc1nc2c(cnc3c(C)cccc32)[nH]1. The predicted octanol–water partition coefficient (Wildman–Crippen LogP) is 2.73. The van der Waals surface area contributed by atoms with Crippen LogP contribution in [0.5, 0.6) is 0 Å². The minimum Gasteiger partial charge on any atom is -0.341 e. The van der Waals surface area contributed by atoms with Gasteiger partial charge in [0, 0.05) is 5.39 Å². The highest BCUT2D eigenvalue weighted by Gasteiger charge is 2.06. The first-order valence-electron chi connectivity index (χ1n) is 4.96. The summed E-state index contributed by atoms with van der Waals surface area (Å²) >= 11 is 0. The van der Waals surface area contributed by atoms with E-state index in [0.717, 1.165) is 27.8 Å². The number of para-hydroxylation sites is 1. The van der Waals surface area contributed by atoms with Crippen molar-refractivity contribution < 1.29 is 0 Å². The lowest BCUT2D eigenvalue weighted by molar-refractivity contribution is 1.17. The number of nitrogens with one attached hydrogen (secondary N) is 1. The van der Waals surface area contributed by atoms with Gasteiger partial charge in [-0.2, -0.15) is 0 Å². The van der Waals surface area contributed by atoms with E-state index < -0.39 is 0 Å². The van der Waals surface area contributed by atoms with Crippen molar-refractivity contribution in [2.24, 2.45) is 0 Å². The molecule has 1 aromatic carbocycles. The monoisotopic (exact) mass is 197 g/mol. The molecule has 0 bridgehead atoms. The molecular formula is C12H11N3. The summed E-state index contributed by atoms with van der Waals surface area (Å²) in [6.45, 7) is 4.03. The third-order valence-electron chi connectivity index (χ3n) is 2.67. The van der Waals surface area contributed by atoms with Crippen LogP contribution >= 0.6 is 0 Å². The van der Waals surface area contributed by atoms with Crippen LogP contribution < -0.4 is 0 Å². The summed E-state index contributed by atoms with van der Waals surface area (Å²) in [7, 11) is 0. The fourth-order valence-corrected chi connectivity index (χ4v) is 1.96. The largest absolute Gasteiger partial charge is 0.341 e. The van der Waals surface area contributed by atoms with Crippen molar-refractivity contribution in [1.82, 2.24) is 15.0 Å². The summed E-state index contributed by atoms with van der Waals surface area (Å²) in [5.41, 5.74) is 4.25. The standard InChI is InChI=1S/C12H11N3/c1-7-4-3-5-9-11(7)13-6-10-12(9)15-8(2)14-10/h3-6H,1-2H3,(H,14,15). The van der Waals surface area contributed by atoms with Crippen molar-refractivity contribution in [3.8, 4) is 0 Å². The second-order valence-corrected chi connectivity index (χ2v) is 3.81. The third-order valence-corrected chi connectivity index (χ3v) is 2.67. The van der Waals surface area contributed by atoms with Gasteiger partial charge in [-0.05, 0) is 19.4 Å². The van der Waals surface area contributed by atoms with E-state index >= 15 is 0 Å². The van der Waals surface area contributed by atoms with Crippen molar-refractivity contribution in [2.45, 2.75) is 13.8 Å². The summed E-state index contributed by atoms with van der Waals surface area (Å²) in [4.78, 5) is 12.1. The fraction of sp³-hybridized carbons (Fsp3) is 0.167. The summed E-state index contributed by atoms with van der Waals surface area (Å²) in [6.07, 6.45) is 1.85. The highest BCUT2D eigenvalue weighted by atomic mass is 14.9. The van der Waals surface area contributed by atoms with Gasteiger partial charge < -0.3 is 4.98 Å². The van der Waals surface area contributed by atoms with Gasteiger partial charge in [-0.3, -0.25) is 4.98 Å². The van der Waals surface area contributed by atoms with E-state index in [-0.39, 0.29) is 0 Å². The van der Waals surface area contributed by atoms with E-state index in [4.69, 9.17) is 0 Å². The molecule has 0 saturated heterocycles. The van der Waals surface area contributed by atoms with Crippen LogP contribution in [0.25, 0.3) is 21.9 Å². The maximum atomic E-state index is 4.49. The van der Waals surface area contributed by atoms with Gasteiger partial charge in [0.25, 0.3) is 0 Å². The highest BCUT2D eigenvalue weighted by molar-refractivity contribution is 6.02. The average Bonchev–Trinajstić information content (AvgIpc) is 2.59. The van der Waals surface area contributed by atoms with Crippen LogP contribution in [0, 0.1) is 13.8 Å². The Labute approximate surface area is 87.2 Å². The van der Waals surface area contributed by atoms with Gasteiger partial charge in [0.2, 0.25) is 0 Å². The summed E-state index contributed by atoms with van der Waals surface area (Å²) in [6, 6.07) is 6.18. The second kappa shape index (κ2) is 2.79. The van der Waals surface area contributed by atoms with Crippen LogP contribution in [-0.4, -0.2) is 15.0 Å². The zero-order valence-electron chi connectivity index (χ0n) is 8.70. The molecule has 0 atom stereocenters. The normalized spacial score (nSPS) is 11.3. The Kier molecular flexibility index (Phi) is 1.57. The van der Waals surface area contributed by atoms with E-state index in [1.807, 2.05) is 19.2 Å². The molecule has 3 heteroatoms. The zero-order valence-corrected chi connectivity index (χ0v) is 8.70. The maximum Gasteiger partial charge on any atom is 0.104 e. The molecule has 2 aromatic heterocycles. The van der Waals surface area contributed by atoms with Crippen LogP contribution in [0.15, 0.2) is 24.4 Å². The number of benzene rings is 1. The number of hydrogen-bond donors (Lipinski definition) is 1. The number of nitrogens with zero attached hydrogens (tertiary/aromatic N) is 2. The van der Waals surface area contributed by atoms with Crippen molar-refractivity contribution in [2.75, 3.05) is 0 Å². The smallest absolute Gasteiger partial charge is 0.104 e. The molecule has 3 aromatic rings. The van der Waals surface area contributed by atoms with Gasteiger partial charge in [-0.15, -0.1) is 0 Å². The van der Waals surface area contributed by atoms with Gasteiger partial charge in [0.15, 0.2) is 0 Å². The Hall–Kier alpha value is -1.90. The van der Waals surface area contributed by atoms with Gasteiger partial charge >= 0.3 is 0 Å². The minimum absolute atomic E-state index is 0.931. The Morgan fingerprint density at radius 1 is 1.13 bits per heavy atom. The number of H-pyrrole nitrogens is 1. The van der Waals surface area contributed by atoms with Gasteiger partial charge in [-0.1, -0.05) is 18.2 Å². The summed E-state index contributed by atoms with van der Waals surface area (Å²) < 4.78 is 0. The van der Waals surface area contributed by atoms with Crippen LogP contribution in [-0.2, 0) is 0 Å². The number of aromatic amines is 1. The van der Waals surface area contributed by atoms with Crippen molar-refractivity contribution in [3.63, 3.8) is 0 Å². The number of rotatable bonds is 0. The molecule has 0 saturated carbocycles. The average molecular weight is 197 g/mol. The molecule has 0 aliphatic rings. The first-order chi connectivity index (χ1) is 7.25. The molecule has 2 heterocycles. The number of pyridine rings is 1. The third kappa shape index (κ3) is 1.13. The van der Waals surface area contributed by atoms with E-state index in [1.54, 1.807) is 0 Å². The molecule has 3 nitrogen and oxygen atoms in total.